The molecule has 2 aliphatic heterocycles. The normalized spacial score (nSPS) is 34.8. The van der Waals surface area contributed by atoms with E-state index in [1.807, 2.05) is 12.1 Å². The van der Waals surface area contributed by atoms with E-state index in [-0.39, 0.29) is 0 Å². The van der Waals surface area contributed by atoms with Crippen LogP contribution >= 0.6 is 0 Å². The van der Waals surface area contributed by atoms with E-state index < -0.39 is 0 Å². The van der Waals surface area contributed by atoms with Crippen molar-refractivity contribution in [3.63, 3.8) is 0 Å². The fourth-order valence-corrected chi connectivity index (χ4v) is 4.69. The van der Waals surface area contributed by atoms with Crippen molar-refractivity contribution in [2.45, 2.75) is 44.1 Å². The first-order chi connectivity index (χ1) is 8.84. The standard InChI is InChI=1S/C16H21NO/c18-15-7-1-5-12-13-6-3-9-17-8-2-4-11(16(13)17)10-14(12)15/h1,5,7,11,13,16,18H,2-4,6,8-10H2. The lowest BCUT2D eigenvalue weighted by Gasteiger charge is -2.52. The first kappa shape index (κ1) is 10.9. The molecule has 3 atom stereocenters. The van der Waals surface area contributed by atoms with Crippen LogP contribution in [0.3, 0.4) is 0 Å². The van der Waals surface area contributed by atoms with E-state index in [4.69, 9.17) is 0 Å². The van der Waals surface area contributed by atoms with Crippen molar-refractivity contribution >= 4 is 0 Å². The monoisotopic (exact) mass is 243 g/mol. The molecule has 0 bridgehead atoms. The maximum absolute atomic E-state index is 10.1. The van der Waals surface area contributed by atoms with Crippen LogP contribution in [0.5, 0.6) is 5.75 Å². The minimum absolute atomic E-state index is 0.536. The molecule has 3 unspecified atom stereocenters. The number of nitrogens with zero attached hydrogens (tertiary/aromatic N) is 1. The molecule has 1 aromatic rings. The van der Waals surface area contributed by atoms with Crippen LogP contribution in [-0.2, 0) is 6.42 Å². The summed E-state index contributed by atoms with van der Waals surface area (Å²) in [5.74, 6) is 2.00. The van der Waals surface area contributed by atoms with Gasteiger partial charge in [0.05, 0.1) is 0 Å². The van der Waals surface area contributed by atoms with Gasteiger partial charge in [-0.05, 0) is 68.3 Å². The molecule has 0 spiro atoms. The topological polar surface area (TPSA) is 23.5 Å². The molecule has 1 aliphatic carbocycles. The number of rotatable bonds is 0. The van der Waals surface area contributed by atoms with Gasteiger partial charge in [0.2, 0.25) is 0 Å². The average Bonchev–Trinajstić information content (AvgIpc) is 2.41. The van der Waals surface area contributed by atoms with E-state index in [0.717, 1.165) is 18.4 Å². The second-order valence-electron chi connectivity index (χ2n) is 6.23. The third-order valence-electron chi connectivity index (χ3n) is 5.35. The van der Waals surface area contributed by atoms with Gasteiger partial charge >= 0.3 is 0 Å². The van der Waals surface area contributed by atoms with Crippen molar-refractivity contribution in [2.75, 3.05) is 13.1 Å². The van der Waals surface area contributed by atoms with Gasteiger partial charge in [-0.15, -0.1) is 0 Å². The third-order valence-corrected chi connectivity index (χ3v) is 5.35. The Labute approximate surface area is 109 Å². The Balaban J connectivity index is 1.82. The Morgan fingerprint density at radius 1 is 1.11 bits per heavy atom. The highest BCUT2D eigenvalue weighted by Crippen LogP contribution is 2.48. The fourth-order valence-electron chi connectivity index (χ4n) is 4.69. The molecule has 4 rings (SSSR count). The summed E-state index contributed by atoms with van der Waals surface area (Å²) < 4.78 is 0. The van der Waals surface area contributed by atoms with E-state index in [0.29, 0.717) is 11.7 Å². The Bertz CT molecular complexity index is 468. The highest BCUT2D eigenvalue weighted by atomic mass is 16.3. The van der Waals surface area contributed by atoms with Crippen LogP contribution in [0.15, 0.2) is 18.2 Å². The van der Waals surface area contributed by atoms with Gasteiger partial charge in [-0.2, -0.15) is 0 Å². The average molecular weight is 243 g/mol. The minimum Gasteiger partial charge on any atom is -0.508 e. The fraction of sp³-hybridized carbons (Fsp3) is 0.625. The summed E-state index contributed by atoms with van der Waals surface area (Å²) in [6, 6.07) is 6.91. The van der Waals surface area contributed by atoms with Gasteiger partial charge in [-0.25, -0.2) is 0 Å². The molecule has 2 saturated heterocycles. The van der Waals surface area contributed by atoms with E-state index in [1.165, 1.54) is 49.9 Å². The quantitative estimate of drug-likeness (QED) is 0.757. The lowest BCUT2D eigenvalue weighted by molar-refractivity contribution is 0.0345. The van der Waals surface area contributed by atoms with Crippen molar-refractivity contribution in [3.05, 3.63) is 29.3 Å². The summed E-state index contributed by atoms with van der Waals surface area (Å²) in [6.07, 6.45) is 6.43. The molecule has 0 radical (unpaired) electrons. The van der Waals surface area contributed by atoms with Gasteiger partial charge in [0, 0.05) is 12.0 Å². The van der Waals surface area contributed by atoms with Crippen molar-refractivity contribution in [1.29, 1.82) is 0 Å². The summed E-state index contributed by atoms with van der Waals surface area (Å²) in [4.78, 5) is 2.73. The van der Waals surface area contributed by atoms with E-state index in [9.17, 15) is 5.11 Å². The summed E-state index contributed by atoms with van der Waals surface area (Å²) in [5, 5.41) is 10.1. The molecule has 1 N–H and O–H groups in total. The zero-order chi connectivity index (χ0) is 12.1. The first-order valence-corrected chi connectivity index (χ1v) is 7.39. The zero-order valence-electron chi connectivity index (χ0n) is 10.8. The van der Waals surface area contributed by atoms with Gasteiger partial charge < -0.3 is 5.11 Å². The summed E-state index contributed by atoms with van der Waals surface area (Å²) in [5.41, 5.74) is 2.70. The molecule has 2 heteroatoms. The summed E-state index contributed by atoms with van der Waals surface area (Å²) >= 11 is 0. The van der Waals surface area contributed by atoms with E-state index in [2.05, 4.69) is 11.0 Å². The number of fused-ring (bicyclic) bond motifs is 2. The van der Waals surface area contributed by atoms with Crippen LogP contribution in [0.4, 0.5) is 0 Å². The SMILES string of the molecule is Oc1cccc2c1CC1CCCN3CCCC2C13. The Hall–Kier alpha value is -1.02. The predicted molar refractivity (Wildman–Crippen MR) is 71.9 cm³/mol. The third kappa shape index (κ3) is 1.45. The van der Waals surface area contributed by atoms with Crippen LogP contribution in [0.2, 0.25) is 0 Å². The maximum atomic E-state index is 10.1. The van der Waals surface area contributed by atoms with Crippen molar-refractivity contribution in [1.82, 2.24) is 4.90 Å². The van der Waals surface area contributed by atoms with Crippen LogP contribution in [0, 0.1) is 5.92 Å². The van der Waals surface area contributed by atoms with Gasteiger partial charge in [0.25, 0.3) is 0 Å². The lowest BCUT2D eigenvalue weighted by atomic mass is 9.66. The summed E-state index contributed by atoms with van der Waals surface area (Å²) in [6.45, 7) is 2.59. The number of phenols is 1. The molecule has 0 saturated carbocycles. The van der Waals surface area contributed by atoms with Crippen LogP contribution in [0.1, 0.15) is 42.7 Å². The van der Waals surface area contributed by atoms with Gasteiger partial charge in [0.1, 0.15) is 5.75 Å². The molecular formula is C16H21NO. The second kappa shape index (κ2) is 3.99. The highest BCUT2D eigenvalue weighted by molar-refractivity contribution is 5.44. The number of hydrogen-bond acceptors (Lipinski definition) is 2. The first-order valence-electron chi connectivity index (χ1n) is 7.39. The molecule has 2 heterocycles. The molecular weight excluding hydrogens is 222 g/mol. The van der Waals surface area contributed by atoms with Gasteiger partial charge in [-0.3, -0.25) is 4.90 Å². The molecule has 2 nitrogen and oxygen atoms in total. The molecule has 1 aromatic carbocycles. The number of hydrogen-bond donors (Lipinski definition) is 1. The molecule has 3 aliphatic rings. The number of aromatic hydroxyl groups is 1. The van der Waals surface area contributed by atoms with Crippen molar-refractivity contribution < 1.29 is 5.11 Å². The van der Waals surface area contributed by atoms with Crippen molar-refractivity contribution in [3.8, 4) is 5.75 Å². The van der Waals surface area contributed by atoms with Crippen LogP contribution in [-0.4, -0.2) is 29.1 Å². The zero-order valence-corrected chi connectivity index (χ0v) is 10.8. The lowest BCUT2D eigenvalue weighted by Crippen LogP contribution is -2.54. The molecule has 96 valence electrons. The Kier molecular flexibility index (Phi) is 2.41. The highest BCUT2D eigenvalue weighted by Gasteiger charge is 2.44. The van der Waals surface area contributed by atoms with Crippen LogP contribution in [0.25, 0.3) is 0 Å². The summed E-state index contributed by atoms with van der Waals surface area (Å²) in [7, 11) is 0. The molecule has 0 aromatic heterocycles. The smallest absolute Gasteiger partial charge is 0.119 e. The number of benzene rings is 1. The number of phenolic OH excluding ortho intramolecular Hbond substituents is 1. The Morgan fingerprint density at radius 2 is 1.94 bits per heavy atom. The predicted octanol–water partition coefficient (Wildman–Crippen LogP) is 2.91. The van der Waals surface area contributed by atoms with Gasteiger partial charge in [0.15, 0.2) is 0 Å². The van der Waals surface area contributed by atoms with Gasteiger partial charge in [-0.1, -0.05) is 12.1 Å². The molecule has 2 fully saturated rings. The van der Waals surface area contributed by atoms with Crippen molar-refractivity contribution in [2.24, 2.45) is 5.92 Å². The second-order valence-corrected chi connectivity index (χ2v) is 6.23. The minimum atomic E-state index is 0.536. The van der Waals surface area contributed by atoms with E-state index >= 15 is 0 Å². The largest absolute Gasteiger partial charge is 0.508 e. The van der Waals surface area contributed by atoms with E-state index in [1.54, 1.807) is 0 Å². The van der Waals surface area contributed by atoms with Crippen LogP contribution < -0.4 is 0 Å². The maximum Gasteiger partial charge on any atom is 0.119 e. The molecule has 18 heavy (non-hydrogen) atoms. The molecule has 0 amide bonds. The number of piperidine rings is 2. The Morgan fingerprint density at radius 3 is 2.83 bits per heavy atom.